The van der Waals surface area contributed by atoms with E-state index in [4.69, 9.17) is 11.6 Å². The van der Waals surface area contributed by atoms with Gasteiger partial charge in [-0.25, -0.2) is 4.39 Å². The molecule has 18 heavy (non-hydrogen) atoms. The molecule has 0 bridgehead atoms. The highest BCUT2D eigenvalue weighted by Gasteiger charge is 2.17. The second-order valence-electron chi connectivity index (χ2n) is 4.23. The summed E-state index contributed by atoms with van der Waals surface area (Å²) in [6.45, 7) is 0. The Morgan fingerprint density at radius 3 is 2.61 bits per heavy atom. The molecule has 2 aromatic rings. The maximum Gasteiger partial charge on any atom is 0.228 e. The van der Waals surface area contributed by atoms with Gasteiger partial charge in [0, 0.05) is 5.69 Å². The molecule has 1 aliphatic rings. The zero-order valence-corrected chi connectivity index (χ0v) is 10.1. The summed E-state index contributed by atoms with van der Waals surface area (Å²) in [5.41, 5.74) is 3.56. The van der Waals surface area contributed by atoms with E-state index in [0.717, 1.165) is 22.4 Å². The van der Waals surface area contributed by atoms with Crippen LogP contribution < -0.4 is 5.32 Å². The van der Waals surface area contributed by atoms with E-state index < -0.39 is 5.82 Å². The number of benzene rings is 2. The predicted octanol–water partition coefficient (Wildman–Crippen LogP) is 3.64. The van der Waals surface area contributed by atoms with Gasteiger partial charge in [0.05, 0.1) is 11.4 Å². The zero-order valence-electron chi connectivity index (χ0n) is 9.34. The summed E-state index contributed by atoms with van der Waals surface area (Å²) in [6, 6.07) is 10.3. The molecule has 0 aromatic heterocycles. The maximum absolute atomic E-state index is 13.1. The van der Waals surface area contributed by atoms with E-state index in [2.05, 4.69) is 5.32 Å². The first-order valence-corrected chi connectivity index (χ1v) is 5.89. The van der Waals surface area contributed by atoms with Crippen LogP contribution in [-0.4, -0.2) is 5.91 Å². The first-order chi connectivity index (χ1) is 8.63. The quantitative estimate of drug-likeness (QED) is 0.834. The Morgan fingerprint density at radius 1 is 1.11 bits per heavy atom. The van der Waals surface area contributed by atoms with Crippen molar-refractivity contribution in [3.05, 3.63) is 52.8 Å². The Balaban J connectivity index is 2.05. The molecule has 4 heteroatoms. The predicted molar refractivity (Wildman–Crippen MR) is 69.2 cm³/mol. The van der Waals surface area contributed by atoms with E-state index >= 15 is 0 Å². The van der Waals surface area contributed by atoms with Gasteiger partial charge < -0.3 is 5.32 Å². The Kier molecular flexibility index (Phi) is 2.56. The van der Waals surface area contributed by atoms with Crippen LogP contribution in [0.15, 0.2) is 36.4 Å². The summed E-state index contributed by atoms with van der Waals surface area (Å²) in [4.78, 5) is 11.3. The molecule has 1 N–H and O–H groups in total. The van der Waals surface area contributed by atoms with E-state index in [0.29, 0.717) is 6.42 Å². The third-order valence-corrected chi connectivity index (χ3v) is 3.27. The lowest BCUT2D eigenvalue weighted by Gasteiger charge is -2.05. The van der Waals surface area contributed by atoms with Gasteiger partial charge in [-0.1, -0.05) is 23.7 Å². The van der Waals surface area contributed by atoms with Crippen molar-refractivity contribution in [2.24, 2.45) is 0 Å². The number of hydrogen-bond donors (Lipinski definition) is 1. The fraction of sp³-hybridized carbons (Fsp3) is 0.0714. The van der Waals surface area contributed by atoms with E-state index in [9.17, 15) is 9.18 Å². The molecule has 2 aromatic carbocycles. The highest BCUT2D eigenvalue weighted by Crippen LogP contribution is 2.30. The van der Waals surface area contributed by atoms with Gasteiger partial charge in [-0.3, -0.25) is 4.79 Å². The average molecular weight is 262 g/mol. The van der Waals surface area contributed by atoms with Crippen molar-refractivity contribution in [2.75, 3.05) is 5.32 Å². The summed E-state index contributed by atoms with van der Waals surface area (Å²) < 4.78 is 13.1. The number of carbonyl (C=O) groups excluding carboxylic acids is 1. The monoisotopic (exact) mass is 261 g/mol. The summed E-state index contributed by atoms with van der Waals surface area (Å²) in [5.74, 6) is -0.433. The molecule has 2 nitrogen and oxygen atoms in total. The fourth-order valence-corrected chi connectivity index (χ4v) is 2.27. The minimum absolute atomic E-state index is 0.000659. The molecule has 0 saturated carbocycles. The number of carbonyl (C=O) groups is 1. The number of fused-ring (bicyclic) bond motifs is 1. The molecule has 0 fully saturated rings. The lowest BCUT2D eigenvalue weighted by atomic mass is 10.0. The first-order valence-electron chi connectivity index (χ1n) is 5.52. The van der Waals surface area contributed by atoms with Crippen LogP contribution in [0.25, 0.3) is 11.1 Å². The molecule has 0 aliphatic carbocycles. The van der Waals surface area contributed by atoms with Gasteiger partial charge in [-0.15, -0.1) is 0 Å². The molecule has 0 spiro atoms. The molecule has 3 rings (SSSR count). The van der Waals surface area contributed by atoms with Crippen LogP contribution in [0.2, 0.25) is 5.02 Å². The second-order valence-corrected chi connectivity index (χ2v) is 4.63. The van der Waals surface area contributed by atoms with E-state index in [1.807, 2.05) is 18.2 Å². The van der Waals surface area contributed by atoms with Crippen LogP contribution in [0.5, 0.6) is 0 Å². The van der Waals surface area contributed by atoms with Crippen LogP contribution >= 0.6 is 11.6 Å². The van der Waals surface area contributed by atoms with Gasteiger partial charge in [0.2, 0.25) is 5.91 Å². The Bertz CT molecular complexity index is 654. The van der Waals surface area contributed by atoms with Crippen LogP contribution in [0.1, 0.15) is 5.56 Å². The van der Waals surface area contributed by atoms with Crippen LogP contribution in [0, 0.1) is 5.82 Å². The molecule has 0 unspecified atom stereocenters. The number of amides is 1. The van der Waals surface area contributed by atoms with Gasteiger partial charge >= 0.3 is 0 Å². The smallest absolute Gasteiger partial charge is 0.228 e. The SMILES string of the molecule is O=C1Cc2cc(-c3ccc(F)c(Cl)c3)ccc2N1. The highest BCUT2D eigenvalue weighted by molar-refractivity contribution is 6.31. The summed E-state index contributed by atoms with van der Waals surface area (Å²) >= 11 is 5.76. The third kappa shape index (κ3) is 1.87. The molecular weight excluding hydrogens is 253 g/mol. The van der Waals surface area contributed by atoms with Crippen LogP contribution in [0.3, 0.4) is 0 Å². The van der Waals surface area contributed by atoms with E-state index in [1.165, 1.54) is 6.07 Å². The van der Waals surface area contributed by atoms with Crippen LogP contribution in [0.4, 0.5) is 10.1 Å². The zero-order chi connectivity index (χ0) is 12.7. The van der Waals surface area contributed by atoms with Gasteiger partial charge in [-0.05, 0) is 41.0 Å². The van der Waals surface area contributed by atoms with Crippen molar-refractivity contribution in [1.29, 1.82) is 0 Å². The van der Waals surface area contributed by atoms with Crippen LogP contribution in [-0.2, 0) is 11.2 Å². The number of rotatable bonds is 1. The Labute approximate surface area is 108 Å². The minimum atomic E-state index is -0.432. The van der Waals surface area contributed by atoms with Crippen molar-refractivity contribution < 1.29 is 9.18 Å². The van der Waals surface area contributed by atoms with Gasteiger partial charge in [0.1, 0.15) is 5.82 Å². The third-order valence-electron chi connectivity index (χ3n) is 2.98. The van der Waals surface area contributed by atoms with Crippen molar-refractivity contribution >= 4 is 23.2 Å². The highest BCUT2D eigenvalue weighted by atomic mass is 35.5. The molecule has 0 saturated heterocycles. The number of nitrogens with one attached hydrogen (secondary N) is 1. The average Bonchev–Trinajstić information content (AvgIpc) is 2.71. The molecular formula is C14H9ClFNO. The van der Waals surface area contributed by atoms with Crippen molar-refractivity contribution in [3.63, 3.8) is 0 Å². The lowest BCUT2D eigenvalue weighted by molar-refractivity contribution is -0.115. The molecule has 1 aliphatic heterocycles. The topological polar surface area (TPSA) is 29.1 Å². The van der Waals surface area contributed by atoms with Gasteiger partial charge in [0.25, 0.3) is 0 Å². The van der Waals surface area contributed by atoms with Crippen molar-refractivity contribution in [1.82, 2.24) is 0 Å². The first kappa shape index (κ1) is 11.2. The van der Waals surface area contributed by atoms with Gasteiger partial charge in [0.15, 0.2) is 0 Å². The standard InChI is InChI=1S/C14H9ClFNO/c15-11-6-9(1-3-12(11)16)8-2-4-13-10(5-8)7-14(18)17-13/h1-6H,7H2,(H,17,18). The number of anilines is 1. The molecule has 1 heterocycles. The van der Waals surface area contributed by atoms with Crippen molar-refractivity contribution in [2.45, 2.75) is 6.42 Å². The molecule has 0 atom stereocenters. The van der Waals surface area contributed by atoms with E-state index in [1.54, 1.807) is 12.1 Å². The Hall–Kier alpha value is -1.87. The van der Waals surface area contributed by atoms with Gasteiger partial charge in [-0.2, -0.15) is 0 Å². The minimum Gasteiger partial charge on any atom is -0.326 e. The molecule has 1 amide bonds. The lowest BCUT2D eigenvalue weighted by Crippen LogP contribution is -2.03. The number of halogens is 2. The fourth-order valence-electron chi connectivity index (χ4n) is 2.08. The second kappa shape index (κ2) is 4.10. The summed E-state index contributed by atoms with van der Waals surface area (Å²) in [6.07, 6.45) is 0.387. The summed E-state index contributed by atoms with van der Waals surface area (Å²) in [7, 11) is 0. The maximum atomic E-state index is 13.1. The van der Waals surface area contributed by atoms with Crippen molar-refractivity contribution in [3.8, 4) is 11.1 Å². The Morgan fingerprint density at radius 2 is 1.83 bits per heavy atom. The molecule has 0 radical (unpaired) electrons. The molecule has 90 valence electrons. The summed E-state index contributed by atoms with van der Waals surface area (Å²) in [5, 5.41) is 2.87. The van der Waals surface area contributed by atoms with E-state index in [-0.39, 0.29) is 10.9 Å². The largest absolute Gasteiger partial charge is 0.326 e. The number of hydrogen-bond acceptors (Lipinski definition) is 1. The normalized spacial score (nSPS) is 13.3.